The number of aliphatic hydroxyl groups excluding tert-OH is 1. The van der Waals surface area contributed by atoms with Crippen molar-refractivity contribution in [3.05, 3.63) is 58.9 Å². The standard InChI is InChI=1S/C27H38FN3O4S/c1-27(2,3)21-6-4-5-18(12-21)15-30-23-17-36(33,34)16-20(26(23)32)11-19-13-22(28)25(29)24(14-19)31-7-9-35-10-8-31/h4-6,12-14,20,23,26,30,32H,7-11,15-17,29H2,1-3H3/t20-,23+,26+/m1/s1. The van der Waals surface area contributed by atoms with E-state index in [0.29, 0.717) is 44.1 Å². The van der Waals surface area contributed by atoms with Gasteiger partial charge in [-0.2, -0.15) is 0 Å². The second kappa shape index (κ2) is 10.7. The zero-order valence-electron chi connectivity index (χ0n) is 21.3. The summed E-state index contributed by atoms with van der Waals surface area (Å²) in [5.41, 5.74) is 9.55. The van der Waals surface area contributed by atoms with Gasteiger partial charge in [-0.1, -0.05) is 45.0 Å². The van der Waals surface area contributed by atoms with Gasteiger partial charge < -0.3 is 25.8 Å². The van der Waals surface area contributed by atoms with Crippen LogP contribution in [-0.4, -0.2) is 63.5 Å². The van der Waals surface area contributed by atoms with Crippen LogP contribution in [0.2, 0.25) is 0 Å². The number of sulfone groups is 1. The number of nitrogens with one attached hydrogen (secondary N) is 1. The molecule has 3 atom stereocenters. The zero-order valence-corrected chi connectivity index (χ0v) is 22.2. The third-order valence-corrected chi connectivity index (χ3v) is 8.98. The first kappa shape index (κ1) is 26.9. The van der Waals surface area contributed by atoms with Crippen LogP contribution >= 0.6 is 0 Å². The summed E-state index contributed by atoms with van der Waals surface area (Å²) < 4.78 is 45.7. The molecule has 2 aliphatic heterocycles. The van der Waals surface area contributed by atoms with E-state index in [1.54, 1.807) is 0 Å². The van der Waals surface area contributed by atoms with Gasteiger partial charge in [-0.15, -0.1) is 0 Å². The first-order valence-corrected chi connectivity index (χ1v) is 14.4. The SMILES string of the molecule is CC(C)(C)c1cccc(CN[C@H]2CS(=O)(=O)C[C@@H](Cc3cc(F)c(N)c(N4CCOCC4)c3)[C@@H]2O)c1. The minimum Gasteiger partial charge on any atom is -0.395 e. The lowest BCUT2D eigenvalue weighted by atomic mass is 9.86. The van der Waals surface area contributed by atoms with Gasteiger partial charge in [0.05, 0.1) is 42.2 Å². The molecule has 2 fully saturated rings. The Morgan fingerprint density at radius 2 is 1.86 bits per heavy atom. The van der Waals surface area contributed by atoms with Crippen molar-refractivity contribution in [1.82, 2.24) is 5.32 Å². The van der Waals surface area contributed by atoms with Crippen molar-refractivity contribution in [2.75, 3.05) is 48.4 Å². The first-order valence-electron chi connectivity index (χ1n) is 12.5. The molecule has 198 valence electrons. The Hall–Kier alpha value is -2.20. The van der Waals surface area contributed by atoms with Crippen molar-refractivity contribution in [3.63, 3.8) is 0 Å². The van der Waals surface area contributed by atoms with Crippen LogP contribution in [0.4, 0.5) is 15.8 Å². The van der Waals surface area contributed by atoms with Crippen LogP contribution in [0.25, 0.3) is 0 Å². The van der Waals surface area contributed by atoms with Crippen LogP contribution in [0, 0.1) is 11.7 Å². The zero-order chi connectivity index (χ0) is 26.1. The van der Waals surface area contributed by atoms with E-state index in [0.717, 1.165) is 5.56 Å². The van der Waals surface area contributed by atoms with E-state index in [1.165, 1.54) is 11.6 Å². The Kier molecular flexibility index (Phi) is 7.95. The largest absolute Gasteiger partial charge is 0.395 e. The lowest BCUT2D eigenvalue weighted by Crippen LogP contribution is -2.54. The fourth-order valence-corrected chi connectivity index (χ4v) is 7.06. The molecule has 0 spiro atoms. The number of nitrogens with zero attached hydrogens (tertiary/aromatic N) is 1. The van der Waals surface area contributed by atoms with Crippen molar-refractivity contribution >= 4 is 21.2 Å². The third-order valence-electron chi connectivity index (χ3n) is 7.18. The van der Waals surface area contributed by atoms with Gasteiger partial charge in [0.15, 0.2) is 9.84 Å². The van der Waals surface area contributed by atoms with E-state index in [9.17, 15) is 17.9 Å². The molecule has 2 aromatic rings. The van der Waals surface area contributed by atoms with Gasteiger partial charge >= 0.3 is 0 Å². The molecule has 2 aromatic carbocycles. The summed E-state index contributed by atoms with van der Waals surface area (Å²) in [5, 5.41) is 14.4. The van der Waals surface area contributed by atoms with Gasteiger partial charge in [0, 0.05) is 31.6 Å². The maximum atomic E-state index is 14.7. The van der Waals surface area contributed by atoms with Gasteiger partial charge in [0.25, 0.3) is 0 Å². The summed E-state index contributed by atoms with van der Waals surface area (Å²) >= 11 is 0. The number of nitrogen functional groups attached to an aromatic ring is 1. The molecule has 9 heteroatoms. The van der Waals surface area contributed by atoms with Gasteiger partial charge in [0.1, 0.15) is 5.82 Å². The summed E-state index contributed by atoms with van der Waals surface area (Å²) in [6, 6.07) is 10.7. The number of aliphatic hydroxyl groups is 1. The lowest BCUT2D eigenvalue weighted by Gasteiger charge is -2.36. The fraction of sp³-hybridized carbons (Fsp3) is 0.556. The molecule has 0 radical (unpaired) electrons. The van der Waals surface area contributed by atoms with E-state index >= 15 is 0 Å². The highest BCUT2D eigenvalue weighted by Crippen LogP contribution is 2.32. The highest BCUT2D eigenvalue weighted by Gasteiger charge is 2.39. The van der Waals surface area contributed by atoms with Gasteiger partial charge in [-0.05, 0) is 40.7 Å². The third kappa shape index (κ3) is 6.37. The maximum absolute atomic E-state index is 14.7. The molecule has 0 aromatic heterocycles. The summed E-state index contributed by atoms with van der Waals surface area (Å²) in [5.74, 6) is -1.35. The summed E-state index contributed by atoms with van der Waals surface area (Å²) in [6.45, 7) is 9.18. The second-order valence-electron chi connectivity index (χ2n) is 11.1. The molecule has 2 saturated heterocycles. The predicted molar refractivity (Wildman–Crippen MR) is 141 cm³/mol. The van der Waals surface area contributed by atoms with Crippen LogP contribution < -0.4 is 16.0 Å². The van der Waals surface area contributed by atoms with Crippen molar-refractivity contribution in [2.45, 2.75) is 51.3 Å². The first-order chi connectivity index (χ1) is 16.9. The van der Waals surface area contributed by atoms with Crippen molar-refractivity contribution in [1.29, 1.82) is 0 Å². The van der Waals surface area contributed by atoms with Gasteiger partial charge in [-0.25, -0.2) is 12.8 Å². The fourth-order valence-electron chi connectivity index (χ4n) is 5.09. The van der Waals surface area contributed by atoms with E-state index in [1.807, 2.05) is 23.1 Å². The summed E-state index contributed by atoms with van der Waals surface area (Å²) in [4.78, 5) is 1.98. The number of nitrogens with two attached hydrogens (primary N) is 1. The Balaban J connectivity index is 1.50. The highest BCUT2D eigenvalue weighted by atomic mass is 32.2. The molecule has 36 heavy (non-hydrogen) atoms. The Morgan fingerprint density at radius 1 is 1.14 bits per heavy atom. The number of hydrogen-bond acceptors (Lipinski definition) is 7. The van der Waals surface area contributed by atoms with Crippen LogP contribution in [0.5, 0.6) is 0 Å². The molecular formula is C27H38FN3O4S. The highest BCUT2D eigenvalue weighted by molar-refractivity contribution is 7.91. The Labute approximate surface area is 213 Å². The Bertz CT molecular complexity index is 1180. The number of rotatable bonds is 6. The summed E-state index contributed by atoms with van der Waals surface area (Å²) in [6.07, 6.45) is -0.640. The molecule has 0 unspecified atom stereocenters. The van der Waals surface area contributed by atoms with Crippen LogP contribution in [0.15, 0.2) is 36.4 Å². The smallest absolute Gasteiger partial charge is 0.152 e. The van der Waals surface area contributed by atoms with E-state index in [-0.39, 0.29) is 29.0 Å². The molecule has 0 amide bonds. The molecule has 0 aliphatic carbocycles. The normalized spacial score (nSPS) is 24.6. The molecule has 2 aliphatic rings. The van der Waals surface area contributed by atoms with E-state index in [4.69, 9.17) is 10.5 Å². The number of hydrogen-bond donors (Lipinski definition) is 3. The quantitative estimate of drug-likeness (QED) is 0.504. The second-order valence-corrected chi connectivity index (χ2v) is 13.2. The molecule has 4 N–H and O–H groups in total. The van der Waals surface area contributed by atoms with E-state index in [2.05, 4.69) is 38.2 Å². The molecule has 0 saturated carbocycles. The number of ether oxygens (including phenoxy) is 1. The number of anilines is 2. The number of benzene rings is 2. The van der Waals surface area contributed by atoms with Crippen molar-refractivity contribution in [2.24, 2.45) is 5.92 Å². The van der Waals surface area contributed by atoms with Crippen molar-refractivity contribution in [3.8, 4) is 0 Å². The molecule has 0 bridgehead atoms. The molecule has 7 nitrogen and oxygen atoms in total. The topological polar surface area (TPSA) is 105 Å². The maximum Gasteiger partial charge on any atom is 0.152 e. The molecule has 2 heterocycles. The average molecular weight is 520 g/mol. The average Bonchev–Trinajstić information content (AvgIpc) is 2.82. The molecule has 4 rings (SSSR count). The van der Waals surface area contributed by atoms with E-state index < -0.39 is 33.7 Å². The van der Waals surface area contributed by atoms with Gasteiger partial charge in [-0.3, -0.25) is 0 Å². The predicted octanol–water partition coefficient (Wildman–Crippen LogP) is 2.65. The Morgan fingerprint density at radius 3 is 2.56 bits per heavy atom. The molecular weight excluding hydrogens is 481 g/mol. The van der Waals surface area contributed by atoms with Gasteiger partial charge in [0.2, 0.25) is 0 Å². The minimum atomic E-state index is -3.39. The number of morpholine rings is 1. The van der Waals surface area contributed by atoms with Crippen LogP contribution in [0.3, 0.4) is 0 Å². The van der Waals surface area contributed by atoms with Crippen molar-refractivity contribution < 1.29 is 22.7 Å². The monoisotopic (exact) mass is 519 g/mol. The minimum absolute atomic E-state index is 0.00320. The lowest BCUT2D eigenvalue weighted by molar-refractivity contribution is 0.0781. The van der Waals surface area contributed by atoms with Crippen LogP contribution in [-0.2, 0) is 33.0 Å². The number of halogens is 1. The van der Waals surface area contributed by atoms with Crippen LogP contribution in [0.1, 0.15) is 37.5 Å². The summed E-state index contributed by atoms with van der Waals surface area (Å²) in [7, 11) is -3.39.